The quantitative estimate of drug-likeness (QED) is 0.283. The maximum atomic E-state index is 13.5. The van der Waals surface area contributed by atoms with E-state index < -0.39 is 17.4 Å². The summed E-state index contributed by atoms with van der Waals surface area (Å²) in [7, 11) is 5.51. The minimum Gasteiger partial charge on any atom is -0.506 e. The molecule has 0 radical (unpaired) electrons. The highest BCUT2D eigenvalue weighted by molar-refractivity contribution is 6.03. The molecule has 0 spiro atoms. The van der Waals surface area contributed by atoms with Gasteiger partial charge in [-0.25, -0.2) is 0 Å². The Balaban J connectivity index is 1.75. The molecule has 0 saturated carbocycles. The second-order valence-electron chi connectivity index (χ2n) is 8.50. The molecule has 7 heteroatoms. The number of carbonyl (C=O) groups excluding carboxylic acids is 1. The van der Waals surface area contributed by atoms with Crippen molar-refractivity contribution >= 4 is 33.7 Å². The number of para-hydroxylation sites is 3. The van der Waals surface area contributed by atoms with E-state index in [1.165, 1.54) is 4.57 Å². The molecule has 4 rings (SSSR count). The van der Waals surface area contributed by atoms with Gasteiger partial charge in [-0.2, -0.15) is 0 Å². The van der Waals surface area contributed by atoms with Crippen LogP contribution in [0.4, 0.5) is 17.1 Å². The third kappa shape index (κ3) is 4.32. The van der Waals surface area contributed by atoms with Gasteiger partial charge in [0.05, 0.1) is 22.9 Å². The number of Topliss-reactive ketones (excluding diaryl/α,β-unsaturated/α-hetero) is 1. The van der Waals surface area contributed by atoms with Gasteiger partial charge in [0.25, 0.3) is 5.56 Å². The zero-order chi connectivity index (χ0) is 24.4. The summed E-state index contributed by atoms with van der Waals surface area (Å²) < 4.78 is 1.39. The molecule has 0 amide bonds. The third-order valence-corrected chi connectivity index (χ3v) is 6.05. The maximum Gasteiger partial charge on any atom is 0.265 e. The Hall–Kier alpha value is -4.26. The van der Waals surface area contributed by atoms with Crippen LogP contribution in [0.2, 0.25) is 0 Å². The second-order valence-corrected chi connectivity index (χ2v) is 8.50. The van der Waals surface area contributed by atoms with Gasteiger partial charge in [-0.3, -0.25) is 9.59 Å². The predicted octanol–water partition coefficient (Wildman–Crippen LogP) is 4.32. The van der Waals surface area contributed by atoms with E-state index in [2.05, 4.69) is 5.32 Å². The summed E-state index contributed by atoms with van der Waals surface area (Å²) in [5.41, 5.74) is 9.08. The second kappa shape index (κ2) is 9.31. The topological polar surface area (TPSA) is 101 Å². The van der Waals surface area contributed by atoms with Crippen LogP contribution in [-0.2, 0) is 7.05 Å². The van der Waals surface area contributed by atoms with Crippen molar-refractivity contribution in [1.82, 2.24) is 4.57 Å². The van der Waals surface area contributed by atoms with Crippen molar-refractivity contribution < 1.29 is 9.90 Å². The van der Waals surface area contributed by atoms with E-state index in [0.29, 0.717) is 22.3 Å². The summed E-state index contributed by atoms with van der Waals surface area (Å²) in [4.78, 5) is 28.5. The molecular weight excluding hydrogens is 428 g/mol. The van der Waals surface area contributed by atoms with Crippen LogP contribution < -0.4 is 21.5 Å². The van der Waals surface area contributed by atoms with Gasteiger partial charge in [0.2, 0.25) is 0 Å². The molecule has 1 heterocycles. The monoisotopic (exact) mass is 456 g/mol. The van der Waals surface area contributed by atoms with E-state index in [9.17, 15) is 14.7 Å². The zero-order valence-electron chi connectivity index (χ0n) is 19.4. The van der Waals surface area contributed by atoms with E-state index in [1.807, 2.05) is 61.5 Å². The molecule has 1 aromatic heterocycles. The molecule has 0 aliphatic carbocycles. The number of nitrogen functional groups attached to an aromatic ring is 1. The van der Waals surface area contributed by atoms with Crippen LogP contribution in [0.15, 0.2) is 77.6 Å². The Morgan fingerprint density at radius 3 is 2.35 bits per heavy atom. The number of aromatic nitrogens is 1. The average molecular weight is 457 g/mol. The maximum absolute atomic E-state index is 13.5. The van der Waals surface area contributed by atoms with E-state index >= 15 is 0 Å². The van der Waals surface area contributed by atoms with Crippen molar-refractivity contribution in [2.24, 2.45) is 7.05 Å². The van der Waals surface area contributed by atoms with E-state index in [0.717, 1.165) is 11.3 Å². The van der Waals surface area contributed by atoms with Crippen LogP contribution in [0.3, 0.4) is 0 Å². The lowest BCUT2D eigenvalue weighted by Gasteiger charge is -2.22. The Morgan fingerprint density at radius 1 is 1.03 bits per heavy atom. The van der Waals surface area contributed by atoms with Crippen molar-refractivity contribution in [3.63, 3.8) is 0 Å². The van der Waals surface area contributed by atoms with Crippen molar-refractivity contribution in [3.8, 4) is 5.75 Å². The molecule has 0 fully saturated rings. The van der Waals surface area contributed by atoms with Gasteiger partial charge in [-0.15, -0.1) is 0 Å². The highest BCUT2D eigenvalue weighted by atomic mass is 16.3. The first kappa shape index (κ1) is 22.9. The van der Waals surface area contributed by atoms with Gasteiger partial charge in [0.1, 0.15) is 11.3 Å². The standard InChI is InChI=1S/C27H28N4O3/c1-30(2)18-14-12-17(13-15-18)22(29-21-10-6-5-9-20(21)28)16-24(32)25-26(33)19-8-4-7-11-23(19)31(3)27(25)34/h4-15,22,29,33H,16,28H2,1-3H3/t22-/m0/s1. The number of ketones is 1. The molecule has 0 unspecified atom stereocenters. The molecule has 0 saturated heterocycles. The van der Waals surface area contributed by atoms with Crippen LogP contribution in [-0.4, -0.2) is 29.6 Å². The van der Waals surface area contributed by atoms with Crippen LogP contribution in [0, 0.1) is 0 Å². The lowest BCUT2D eigenvalue weighted by Crippen LogP contribution is -2.27. The number of benzene rings is 3. The van der Waals surface area contributed by atoms with Gasteiger partial charge < -0.3 is 25.6 Å². The number of pyridine rings is 1. The lowest BCUT2D eigenvalue weighted by molar-refractivity contribution is 0.0972. The lowest BCUT2D eigenvalue weighted by atomic mass is 9.96. The minimum absolute atomic E-state index is 0.0449. The number of anilines is 3. The Bertz CT molecular complexity index is 1410. The van der Waals surface area contributed by atoms with E-state index in [-0.39, 0.29) is 17.7 Å². The first-order chi connectivity index (χ1) is 16.3. The van der Waals surface area contributed by atoms with Crippen molar-refractivity contribution in [3.05, 3.63) is 94.3 Å². The van der Waals surface area contributed by atoms with Crippen molar-refractivity contribution in [1.29, 1.82) is 0 Å². The fraction of sp³-hybridized carbons (Fsp3) is 0.185. The molecule has 1 atom stereocenters. The van der Waals surface area contributed by atoms with Crippen LogP contribution in [0.1, 0.15) is 28.4 Å². The number of hydrogen-bond acceptors (Lipinski definition) is 6. The first-order valence-electron chi connectivity index (χ1n) is 11.0. The molecule has 4 N–H and O–H groups in total. The number of nitrogens with two attached hydrogens (primary N) is 1. The number of rotatable bonds is 7. The van der Waals surface area contributed by atoms with Gasteiger partial charge in [0.15, 0.2) is 5.78 Å². The largest absolute Gasteiger partial charge is 0.506 e. The zero-order valence-corrected chi connectivity index (χ0v) is 19.4. The van der Waals surface area contributed by atoms with E-state index in [4.69, 9.17) is 5.73 Å². The Kier molecular flexibility index (Phi) is 6.27. The summed E-state index contributed by atoms with van der Waals surface area (Å²) in [5.74, 6) is -0.739. The molecule has 7 nitrogen and oxygen atoms in total. The minimum atomic E-state index is -0.526. The average Bonchev–Trinajstić information content (AvgIpc) is 2.83. The highest BCUT2D eigenvalue weighted by Gasteiger charge is 2.25. The summed E-state index contributed by atoms with van der Waals surface area (Å²) in [6.45, 7) is 0. The normalized spacial score (nSPS) is 11.9. The summed E-state index contributed by atoms with van der Waals surface area (Å²) in [6.07, 6.45) is -0.0449. The summed E-state index contributed by atoms with van der Waals surface area (Å²) in [6, 6.07) is 21.6. The first-order valence-corrected chi connectivity index (χ1v) is 11.0. The molecule has 34 heavy (non-hydrogen) atoms. The Labute approximate surface area is 198 Å². The van der Waals surface area contributed by atoms with Crippen molar-refractivity contribution in [2.75, 3.05) is 30.0 Å². The summed E-state index contributed by atoms with van der Waals surface area (Å²) >= 11 is 0. The molecular formula is C27H28N4O3. The number of aromatic hydroxyl groups is 1. The third-order valence-electron chi connectivity index (χ3n) is 6.05. The Morgan fingerprint density at radius 2 is 1.68 bits per heavy atom. The molecule has 0 aliphatic rings. The highest BCUT2D eigenvalue weighted by Crippen LogP contribution is 2.31. The van der Waals surface area contributed by atoms with E-state index in [1.54, 1.807) is 37.4 Å². The molecule has 0 bridgehead atoms. The number of aryl methyl sites for hydroxylation is 1. The van der Waals surface area contributed by atoms with Gasteiger partial charge in [-0.1, -0.05) is 36.4 Å². The number of nitrogens with zero attached hydrogens (tertiary/aromatic N) is 2. The van der Waals surface area contributed by atoms with Crippen LogP contribution >= 0.6 is 0 Å². The van der Waals surface area contributed by atoms with Crippen molar-refractivity contribution in [2.45, 2.75) is 12.5 Å². The fourth-order valence-electron chi connectivity index (χ4n) is 4.09. The van der Waals surface area contributed by atoms with Gasteiger partial charge >= 0.3 is 0 Å². The van der Waals surface area contributed by atoms with Gasteiger partial charge in [-0.05, 0) is 42.0 Å². The molecule has 3 aromatic carbocycles. The molecule has 174 valence electrons. The SMILES string of the molecule is CN(C)c1ccc([C@H](CC(=O)c2c(O)c3ccccc3n(C)c2=O)Nc2ccccc2N)cc1. The van der Waals surface area contributed by atoms with Crippen LogP contribution in [0.25, 0.3) is 10.9 Å². The number of nitrogens with one attached hydrogen (secondary N) is 1. The number of carbonyl (C=O) groups is 1. The molecule has 0 aliphatic heterocycles. The predicted molar refractivity (Wildman–Crippen MR) is 138 cm³/mol. The van der Waals surface area contributed by atoms with Crippen LogP contribution in [0.5, 0.6) is 5.75 Å². The fourth-order valence-corrected chi connectivity index (χ4v) is 4.09. The number of fused-ring (bicyclic) bond motifs is 1. The van der Waals surface area contributed by atoms with Gasteiger partial charge in [0, 0.05) is 38.6 Å². The molecule has 4 aromatic rings. The number of hydrogen-bond donors (Lipinski definition) is 3. The smallest absolute Gasteiger partial charge is 0.265 e. The summed E-state index contributed by atoms with van der Waals surface area (Å²) in [5, 5.41) is 14.7.